The summed E-state index contributed by atoms with van der Waals surface area (Å²) in [6.45, 7) is 6.99. The fourth-order valence-electron chi connectivity index (χ4n) is 5.66. The molecule has 4 heterocycles. The molecule has 2 saturated heterocycles. The molecule has 0 radical (unpaired) electrons. The van der Waals surface area contributed by atoms with Crippen LogP contribution in [-0.2, 0) is 0 Å². The number of likely N-dealkylation sites (N-methyl/N-ethyl adjacent to an activating group) is 1. The van der Waals surface area contributed by atoms with E-state index in [-0.39, 0.29) is 0 Å². The zero-order chi connectivity index (χ0) is 21.9. The first-order valence-corrected chi connectivity index (χ1v) is 12.9. The first-order chi connectivity index (χ1) is 15.7. The molecule has 4 fully saturated rings. The largest absolute Gasteiger partial charge is 0.355 e. The highest BCUT2D eigenvalue weighted by atomic mass is 15.2. The number of aromatic nitrogens is 3. The molecule has 6 nitrogen and oxygen atoms in total. The van der Waals surface area contributed by atoms with Crippen molar-refractivity contribution in [2.75, 3.05) is 38.1 Å². The lowest BCUT2D eigenvalue weighted by Crippen LogP contribution is -2.29. The van der Waals surface area contributed by atoms with Crippen LogP contribution in [-0.4, -0.2) is 65.2 Å². The molecule has 1 atom stereocenters. The molecule has 4 aliphatic rings. The van der Waals surface area contributed by atoms with Crippen molar-refractivity contribution in [1.29, 1.82) is 0 Å². The summed E-state index contributed by atoms with van der Waals surface area (Å²) >= 11 is 0. The minimum Gasteiger partial charge on any atom is -0.355 e. The Morgan fingerprint density at radius 3 is 2.41 bits per heavy atom. The fourth-order valence-corrected chi connectivity index (χ4v) is 5.66. The van der Waals surface area contributed by atoms with Crippen LogP contribution in [0.4, 0.5) is 5.82 Å². The third-order valence-electron chi connectivity index (χ3n) is 7.77. The van der Waals surface area contributed by atoms with E-state index >= 15 is 0 Å². The van der Waals surface area contributed by atoms with Gasteiger partial charge in [-0.05, 0) is 84.1 Å². The molecule has 6 heteroatoms. The third-order valence-corrected chi connectivity index (χ3v) is 7.77. The Morgan fingerprint density at radius 2 is 1.72 bits per heavy atom. The molecule has 0 spiro atoms. The van der Waals surface area contributed by atoms with E-state index in [1.165, 1.54) is 82.3 Å². The van der Waals surface area contributed by atoms with Crippen molar-refractivity contribution in [3.8, 4) is 11.5 Å². The van der Waals surface area contributed by atoms with E-state index in [4.69, 9.17) is 9.97 Å². The smallest absolute Gasteiger partial charge is 0.156 e. The number of hydrogen-bond acceptors (Lipinski definition) is 5. The van der Waals surface area contributed by atoms with Crippen LogP contribution in [0.5, 0.6) is 0 Å². The van der Waals surface area contributed by atoms with Crippen LogP contribution < -0.4 is 10.2 Å². The molecule has 2 aromatic rings. The van der Waals surface area contributed by atoms with Crippen LogP contribution in [0.15, 0.2) is 18.2 Å². The van der Waals surface area contributed by atoms with Crippen molar-refractivity contribution in [3.05, 3.63) is 29.6 Å². The SMILES string of the molecule is C1CCC(N2CCCC2)C1.CNC1CCN(c2cccc(-c3nc(C4CC4)c(C)[nH]3)n2)C1. The number of aryl methyl sites for hydroxylation is 1. The standard InChI is InChI=1S/C17H23N5.C9H17N/c1-11-16(12-6-7-12)21-17(19-11)14-4-3-5-15(20-14)22-9-8-13(10-22)18-2;1-2-6-9(5-1)10-7-3-4-8-10/h3-5,12-13,18H,6-10H2,1-2H3,(H,19,21);9H,1-8H2. The number of likely N-dealkylation sites (tertiary alicyclic amines) is 1. The first kappa shape index (κ1) is 21.9. The van der Waals surface area contributed by atoms with Crippen LogP contribution in [0.25, 0.3) is 11.5 Å². The van der Waals surface area contributed by atoms with Gasteiger partial charge in [0.25, 0.3) is 0 Å². The second-order valence-corrected chi connectivity index (χ2v) is 10.2. The van der Waals surface area contributed by atoms with Gasteiger partial charge in [0.2, 0.25) is 0 Å². The van der Waals surface area contributed by atoms with Crippen molar-refractivity contribution in [3.63, 3.8) is 0 Å². The Bertz CT molecular complexity index is 862. The van der Waals surface area contributed by atoms with Crippen molar-refractivity contribution in [2.45, 2.75) is 82.7 Å². The van der Waals surface area contributed by atoms with Crippen LogP contribution in [0, 0.1) is 6.92 Å². The van der Waals surface area contributed by atoms with Crippen molar-refractivity contribution in [2.24, 2.45) is 0 Å². The number of rotatable bonds is 5. The summed E-state index contributed by atoms with van der Waals surface area (Å²) in [7, 11) is 2.03. The maximum atomic E-state index is 4.83. The van der Waals surface area contributed by atoms with E-state index in [2.05, 4.69) is 39.2 Å². The Morgan fingerprint density at radius 1 is 0.938 bits per heavy atom. The van der Waals surface area contributed by atoms with Crippen LogP contribution in [0.1, 0.15) is 75.1 Å². The molecule has 0 bridgehead atoms. The van der Waals surface area contributed by atoms with Gasteiger partial charge in [-0.25, -0.2) is 9.97 Å². The lowest BCUT2D eigenvalue weighted by Gasteiger charge is -2.22. The number of nitrogens with zero attached hydrogens (tertiary/aromatic N) is 4. The number of imidazole rings is 1. The summed E-state index contributed by atoms with van der Waals surface area (Å²) in [6, 6.07) is 7.78. The number of pyridine rings is 1. The number of hydrogen-bond donors (Lipinski definition) is 2. The molecule has 2 saturated carbocycles. The lowest BCUT2D eigenvalue weighted by molar-refractivity contribution is 0.246. The highest BCUT2D eigenvalue weighted by molar-refractivity contribution is 5.56. The van der Waals surface area contributed by atoms with Gasteiger partial charge in [0.1, 0.15) is 11.5 Å². The van der Waals surface area contributed by atoms with Gasteiger partial charge in [0.15, 0.2) is 5.82 Å². The number of H-pyrrole nitrogens is 1. The second-order valence-electron chi connectivity index (χ2n) is 10.2. The van der Waals surface area contributed by atoms with E-state index < -0.39 is 0 Å². The van der Waals surface area contributed by atoms with E-state index in [9.17, 15) is 0 Å². The van der Waals surface area contributed by atoms with Gasteiger partial charge < -0.3 is 20.1 Å². The molecule has 174 valence electrons. The number of aromatic amines is 1. The predicted molar refractivity (Wildman–Crippen MR) is 131 cm³/mol. The Hall–Kier alpha value is -1.92. The van der Waals surface area contributed by atoms with E-state index in [1.807, 2.05) is 13.1 Å². The van der Waals surface area contributed by atoms with Crippen LogP contribution >= 0.6 is 0 Å². The predicted octanol–water partition coefficient (Wildman–Crippen LogP) is 4.48. The topological polar surface area (TPSA) is 60.1 Å². The van der Waals surface area contributed by atoms with Gasteiger partial charge in [-0.3, -0.25) is 0 Å². The normalized spacial score (nSPS) is 24.2. The minimum absolute atomic E-state index is 0.567. The van der Waals surface area contributed by atoms with Crippen LogP contribution in [0.3, 0.4) is 0 Å². The summed E-state index contributed by atoms with van der Waals surface area (Å²) in [5.41, 5.74) is 3.38. The Kier molecular flexibility index (Phi) is 6.79. The summed E-state index contributed by atoms with van der Waals surface area (Å²) in [4.78, 5) is 18.1. The zero-order valence-corrected chi connectivity index (χ0v) is 19.9. The lowest BCUT2D eigenvalue weighted by atomic mass is 10.2. The average molecular weight is 437 g/mol. The summed E-state index contributed by atoms with van der Waals surface area (Å²) in [5, 5.41) is 3.35. The number of nitrogens with one attached hydrogen (secondary N) is 2. The molecule has 2 aliphatic heterocycles. The maximum Gasteiger partial charge on any atom is 0.156 e. The molecule has 0 amide bonds. The molecule has 2 N–H and O–H groups in total. The van der Waals surface area contributed by atoms with Gasteiger partial charge in [-0.1, -0.05) is 18.9 Å². The van der Waals surface area contributed by atoms with Gasteiger partial charge in [0.05, 0.1) is 5.69 Å². The first-order valence-electron chi connectivity index (χ1n) is 12.9. The van der Waals surface area contributed by atoms with Crippen molar-refractivity contribution < 1.29 is 0 Å². The summed E-state index contributed by atoms with van der Waals surface area (Å²) < 4.78 is 0. The average Bonchev–Trinajstić information content (AvgIpc) is 3.34. The zero-order valence-electron chi connectivity index (χ0n) is 19.9. The van der Waals surface area contributed by atoms with E-state index in [0.717, 1.165) is 36.5 Å². The quantitative estimate of drug-likeness (QED) is 0.724. The third kappa shape index (κ3) is 5.01. The van der Waals surface area contributed by atoms with Crippen LogP contribution in [0.2, 0.25) is 0 Å². The summed E-state index contributed by atoms with van der Waals surface area (Å²) in [5.74, 6) is 2.63. The van der Waals surface area contributed by atoms with Gasteiger partial charge in [-0.2, -0.15) is 0 Å². The van der Waals surface area contributed by atoms with Gasteiger partial charge in [0, 0.05) is 36.8 Å². The Balaban J connectivity index is 0.000000180. The van der Waals surface area contributed by atoms with Gasteiger partial charge >= 0.3 is 0 Å². The highest BCUT2D eigenvalue weighted by Crippen LogP contribution is 2.41. The second kappa shape index (κ2) is 9.92. The van der Waals surface area contributed by atoms with Crippen molar-refractivity contribution in [1.82, 2.24) is 25.2 Å². The Labute approximate surface area is 193 Å². The minimum atomic E-state index is 0.567. The molecule has 1 unspecified atom stereocenters. The van der Waals surface area contributed by atoms with Gasteiger partial charge in [-0.15, -0.1) is 0 Å². The molecule has 0 aromatic carbocycles. The monoisotopic (exact) mass is 436 g/mol. The van der Waals surface area contributed by atoms with E-state index in [1.54, 1.807) is 0 Å². The van der Waals surface area contributed by atoms with Crippen molar-refractivity contribution >= 4 is 5.82 Å². The molecule has 6 rings (SSSR count). The molecular weight excluding hydrogens is 396 g/mol. The molecule has 32 heavy (non-hydrogen) atoms. The van der Waals surface area contributed by atoms with E-state index in [0.29, 0.717) is 12.0 Å². The molecular formula is C26H40N6. The maximum absolute atomic E-state index is 4.83. The highest BCUT2D eigenvalue weighted by Gasteiger charge is 2.29. The number of anilines is 1. The molecule has 2 aromatic heterocycles. The summed E-state index contributed by atoms with van der Waals surface area (Å²) in [6.07, 6.45) is 12.6. The molecule has 2 aliphatic carbocycles. The fraction of sp³-hybridized carbons (Fsp3) is 0.692.